The van der Waals surface area contributed by atoms with Gasteiger partial charge in [0.05, 0.1) is 17.9 Å². The number of allylic oxidation sites excluding steroid dienone is 1. The van der Waals surface area contributed by atoms with Crippen LogP contribution in [0.5, 0.6) is 5.75 Å². The Morgan fingerprint density at radius 3 is 2.79 bits per heavy atom. The van der Waals surface area contributed by atoms with E-state index in [1.54, 1.807) is 6.07 Å². The number of rotatable bonds is 9. The van der Waals surface area contributed by atoms with E-state index in [-0.39, 0.29) is 22.2 Å². The Bertz CT molecular complexity index is 1360. The number of halogens is 1. The van der Waals surface area contributed by atoms with Gasteiger partial charge in [-0.2, -0.15) is 0 Å². The van der Waals surface area contributed by atoms with Gasteiger partial charge >= 0.3 is 0 Å². The highest BCUT2D eigenvalue weighted by Crippen LogP contribution is 2.48. The smallest absolute Gasteiger partial charge is 0.263 e. The largest absolute Gasteiger partial charge is 0.490 e. The van der Waals surface area contributed by atoms with Crippen LogP contribution in [0.2, 0.25) is 5.02 Å². The van der Waals surface area contributed by atoms with Crippen LogP contribution in [-0.4, -0.2) is 47.8 Å². The van der Waals surface area contributed by atoms with Gasteiger partial charge < -0.3 is 14.4 Å². The van der Waals surface area contributed by atoms with E-state index in [0.29, 0.717) is 24.0 Å². The van der Waals surface area contributed by atoms with E-state index in [9.17, 15) is 9.00 Å². The summed E-state index contributed by atoms with van der Waals surface area (Å²) in [5, 5.41) is 0.605. The first-order valence-electron chi connectivity index (χ1n) is 15.3. The zero-order valence-corrected chi connectivity index (χ0v) is 27.2. The maximum Gasteiger partial charge on any atom is 0.263 e. The van der Waals surface area contributed by atoms with Crippen LogP contribution in [-0.2, 0) is 27.6 Å². The van der Waals surface area contributed by atoms with Crippen LogP contribution in [0.4, 0.5) is 5.69 Å². The minimum atomic E-state index is -1.45. The van der Waals surface area contributed by atoms with Crippen molar-refractivity contribution in [2.45, 2.75) is 82.5 Å². The Labute approximate surface area is 258 Å². The average Bonchev–Trinajstić information content (AvgIpc) is 3.10. The number of nitrogens with zero attached hydrogens (tertiary/aromatic N) is 1. The molecule has 5 atom stereocenters. The van der Waals surface area contributed by atoms with Crippen molar-refractivity contribution in [3.8, 4) is 5.75 Å². The van der Waals surface area contributed by atoms with Gasteiger partial charge in [0.25, 0.3) is 5.91 Å². The van der Waals surface area contributed by atoms with Crippen molar-refractivity contribution < 1.29 is 18.5 Å². The number of carbonyl (C=O) groups is 1. The van der Waals surface area contributed by atoms with Crippen LogP contribution in [0.1, 0.15) is 81.3 Å². The SMILES string of the molecule is CC/C=C/[C@](C)(OC)C1CCC1CN1C[C@@]2(CCCc3cc(Cl)ccc32)COc2ccc(C(=O)NS(=O)C(C)C)cc21. The lowest BCUT2D eigenvalue weighted by atomic mass is 9.64. The maximum absolute atomic E-state index is 13.1. The van der Waals surface area contributed by atoms with Crippen LogP contribution in [0.15, 0.2) is 48.6 Å². The number of hydrogen-bond acceptors (Lipinski definition) is 5. The van der Waals surface area contributed by atoms with Crippen LogP contribution in [0.3, 0.4) is 0 Å². The van der Waals surface area contributed by atoms with Crippen molar-refractivity contribution >= 4 is 34.2 Å². The van der Waals surface area contributed by atoms with Crippen molar-refractivity contribution in [2.24, 2.45) is 11.8 Å². The molecule has 0 aromatic heterocycles. The van der Waals surface area contributed by atoms with Crippen LogP contribution in [0.25, 0.3) is 0 Å². The summed E-state index contributed by atoms with van der Waals surface area (Å²) in [5.74, 6) is 1.27. The molecule has 1 spiro atoms. The fourth-order valence-corrected chi connectivity index (χ4v) is 7.77. The minimum absolute atomic E-state index is 0.165. The molecule has 8 heteroatoms. The number of methoxy groups -OCH3 is 1. The van der Waals surface area contributed by atoms with E-state index in [4.69, 9.17) is 21.1 Å². The van der Waals surface area contributed by atoms with Crippen LogP contribution < -0.4 is 14.4 Å². The molecule has 0 saturated heterocycles. The number of nitrogens with one attached hydrogen (secondary N) is 1. The number of aryl methyl sites for hydroxylation is 1. The van der Waals surface area contributed by atoms with Gasteiger partial charge in [-0.3, -0.25) is 9.52 Å². The molecule has 3 unspecified atom stereocenters. The molecule has 0 bridgehead atoms. The summed E-state index contributed by atoms with van der Waals surface area (Å²) in [6, 6.07) is 11.9. The van der Waals surface area contributed by atoms with Crippen molar-refractivity contribution in [3.63, 3.8) is 0 Å². The highest BCUT2D eigenvalue weighted by atomic mass is 35.5. The molecule has 2 aromatic rings. The summed E-state index contributed by atoms with van der Waals surface area (Å²) in [7, 11) is 0.367. The average molecular weight is 613 g/mol. The van der Waals surface area contributed by atoms with E-state index >= 15 is 0 Å². The molecule has 5 rings (SSSR count). The molecule has 1 aliphatic heterocycles. The highest BCUT2D eigenvalue weighted by Gasteiger charge is 2.47. The minimum Gasteiger partial charge on any atom is -0.490 e. The number of amides is 1. The van der Waals surface area contributed by atoms with Crippen molar-refractivity contribution in [1.82, 2.24) is 4.72 Å². The molecule has 42 heavy (non-hydrogen) atoms. The first-order valence-corrected chi connectivity index (χ1v) is 16.9. The fourth-order valence-electron chi connectivity index (χ4n) is 7.04. The van der Waals surface area contributed by atoms with E-state index < -0.39 is 11.0 Å². The molecular weight excluding hydrogens is 568 g/mol. The molecule has 1 saturated carbocycles. The van der Waals surface area contributed by atoms with E-state index in [0.717, 1.165) is 68.1 Å². The third kappa shape index (κ3) is 6.15. The lowest BCUT2D eigenvalue weighted by molar-refractivity contribution is -0.0621. The van der Waals surface area contributed by atoms with E-state index in [1.807, 2.05) is 39.2 Å². The summed E-state index contributed by atoms with van der Waals surface area (Å²) in [6.45, 7) is 10.2. The highest BCUT2D eigenvalue weighted by molar-refractivity contribution is 7.84. The summed E-state index contributed by atoms with van der Waals surface area (Å²) < 4.78 is 27.8. The van der Waals surface area contributed by atoms with E-state index in [1.165, 1.54) is 11.1 Å². The Kier molecular flexibility index (Phi) is 9.41. The standard InChI is InChI=1S/C34H45ClN2O4S/c1-6-7-16-33(4,40-5)28-13-10-26(28)20-37-21-34(17-8-9-24-18-27(35)12-14-29(24)34)22-41-31-15-11-25(19-30(31)37)32(38)36-42(39)23(2)3/h7,11-12,14-16,18-19,23,26,28H,6,8-10,13,17,20-22H2,1-5H3,(H,36,38)/b16-7+/t26?,28?,33-,34-,42?/m0/s1. The summed E-state index contributed by atoms with van der Waals surface area (Å²) in [5.41, 5.74) is 3.52. The lowest BCUT2D eigenvalue weighted by Crippen LogP contribution is -2.52. The second-order valence-electron chi connectivity index (χ2n) is 12.7. The maximum atomic E-state index is 13.1. The third-order valence-electron chi connectivity index (χ3n) is 9.65. The molecule has 228 valence electrons. The number of hydrogen-bond donors (Lipinski definition) is 1. The molecule has 3 aliphatic rings. The van der Waals surface area contributed by atoms with Gasteiger partial charge in [0.15, 0.2) is 0 Å². The van der Waals surface area contributed by atoms with Crippen molar-refractivity contribution in [3.05, 3.63) is 70.3 Å². The number of anilines is 1. The van der Waals surface area contributed by atoms with Gasteiger partial charge in [0.1, 0.15) is 16.7 Å². The van der Waals surface area contributed by atoms with Crippen molar-refractivity contribution in [1.29, 1.82) is 0 Å². The van der Waals surface area contributed by atoms with Gasteiger partial charge in [0, 0.05) is 41.5 Å². The van der Waals surface area contributed by atoms with E-state index in [2.05, 4.69) is 47.8 Å². The normalized spacial score (nSPS) is 25.6. The second-order valence-corrected chi connectivity index (χ2v) is 14.9. The number of carbonyl (C=O) groups excluding carboxylic acids is 1. The van der Waals surface area contributed by atoms with Gasteiger partial charge in [-0.15, -0.1) is 0 Å². The summed E-state index contributed by atoms with van der Waals surface area (Å²) >= 11 is 6.43. The molecule has 2 aromatic carbocycles. The van der Waals surface area contributed by atoms with Gasteiger partial charge in [-0.1, -0.05) is 36.7 Å². The van der Waals surface area contributed by atoms with Crippen molar-refractivity contribution in [2.75, 3.05) is 31.7 Å². The lowest BCUT2D eigenvalue weighted by Gasteiger charge is -2.49. The number of benzene rings is 2. The first-order chi connectivity index (χ1) is 20.1. The zero-order chi connectivity index (χ0) is 30.1. The Morgan fingerprint density at radius 1 is 1.29 bits per heavy atom. The number of ether oxygens (including phenoxy) is 2. The van der Waals surface area contributed by atoms with Crippen LogP contribution >= 0.6 is 11.6 Å². The van der Waals surface area contributed by atoms with Gasteiger partial charge in [-0.25, -0.2) is 4.21 Å². The first kappa shape index (κ1) is 31.1. The molecule has 2 aliphatic carbocycles. The molecular formula is C34H45ClN2O4S. The molecule has 6 nitrogen and oxygen atoms in total. The van der Waals surface area contributed by atoms with Crippen LogP contribution in [0, 0.1) is 11.8 Å². The Hall–Kier alpha value is -2.35. The third-order valence-corrected chi connectivity index (χ3v) is 11.1. The Balaban J connectivity index is 1.52. The molecule has 1 amide bonds. The predicted molar refractivity (Wildman–Crippen MR) is 172 cm³/mol. The van der Waals surface area contributed by atoms with Gasteiger partial charge in [0.2, 0.25) is 0 Å². The zero-order valence-electron chi connectivity index (χ0n) is 25.6. The molecule has 1 fully saturated rings. The fraction of sp³-hybridized carbons (Fsp3) is 0.559. The quantitative estimate of drug-likeness (QED) is 0.309. The summed E-state index contributed by atoms with van der Waals surface area (Å²) in [6.07, 6.45) is 10.8. The Morgan fingerprint density at radius 2 is 2.10 bits per heavy atom. The number of fused-ring (bicyclic) bond motifs is 3. The second kappa shape index (κ2) is 12.7. The summed E-state index contributed by atoms with van der Waals surface area (Å²) in [4.78, 5) is 15.6. The molecule has 1 N–H and O–H groups in total. The molecule has 1 heterocycles. The predicted octanol–water partition coefficient (Wildman–Crippen LogP) is 7.01. The molecule has 0 radical (unpaired) electrons. The van der Waals surface area contributed by atoms with Gasteiger partial charge in [-0.05, 0) is 113 Å². The topological polar surface area (TPSA) is 67.9 Å². The monoisotopic (exact) mass is 612 g/mol.